The Morgan fingerprint density at radius 3 is 2.85 bits per heavy atom. The van der Waals surface area contributed by atoms with E-state index in [4.69, 9.17) is 11.6 Å². The number of halogens is 2. The quantitative estimate of drug-likeness (QED) is 0.889. The molecule has 1 amide bonds. The minimum absolute atomic E-state index is 0.101. The zero-order valence-electron chi connectivity index (χ0n) is 11.2. The number of rotatable bonds is 5. The number of amides is 1. The highest BCUT2D eigenvalue weighted by Crippen LogP contribution is 2.15. The van der Waals surface area contributed by atoms with E-state index in [-0.39, 0.29) is 5.91 Å². The van der Waals surface area contributed by atoms with Gasteiger partial charge >= 0.3 is 0 Å². The van der Waals surface area contributed by atoms with Gasteiger partial charge in [-0.25, -0.2) is 0 Å². The summed E-state index contributed by atoms with van der Waals surface area (Å²) in [7, 11) is 0. The van der Waals surface area contributed by atoms with Crippen molar-refractivity contribution in [1.82, 2.24) is 24.9 Å². The van der Waals surface area contributed by atoms with Crippen molar-refractivity contribution < 1.29 is 4.79 Å². The van der Waals surface area contributed by atoms with Gasteiger partial charge in [0.25, 0.3) is 0 Å². The van der Waals surface area contributed by atoms with Crippen LogP contribution in [-0.4, -0.2) is 32.0 Å². The first-order chi connectivity index (χ1) is 9.47. The van der Waals surface area contributed by atoms with Crippen LogP contribution in [0.1, 0.15) is 18.7 Å². The molecule has 0 bridgehead atoms. The van der Waals surface area contributed by atoms with Crippen molar-refractivity contribution in [2.45, 2.75) is 26.4 Å². The molecule has 2 aromatic rings. The fourth-order valence-corrected chi connectivity index (χ4v) is 2.15. The molecule has 8 heteroatoms. The van der Waals surface area contributed by atoms with Crippen molar-refractivity contribution in [3.05, 3.63) is 33.8 Å². The van der Waals surface area contributed by atoms with Crippen LogP contribution in [0.3, 0.4) is 0 Å². The molecular formula is C12H15BrClN5O. The third-order valence-electron chi connectivity index (χ3n) is 2.87. The molecule has 108 valence electrons. The van der Waals surface area contributed by atoms with Gasteiger partial charge in [-0.05, 0) is 29.8 Å². The molecule has 0 fully saturated rings. The van der Waals surface area contributed by atoms with E-state index in [0.717, 1.165) is 4.47 Å². The van der Waals surface area contributed by atoms with Crippen LogP contribution in [0, 0.1) is 6.92 Å². The number of nitrogens with one attached hydrogen (secondary N) is 1. The summed E-state index contributed by atoms with van der Waals surface area (Å²) in [6.45, 7) is 4.70. The monoisotopic (exact) mass is 359 g/mol. The SMILES string of the molecule is Cc1nn(C(C)C(=O)NCCn2cc(Br)cn2)cc1Cl. The van der Waals surface area contributed by atoms with Gasteiger partial charge in [-0.15, -0.1) is 0 Å². The van der Waals surface area contributed by atoms with Crippen LogP contribution in [0.25, 0.3) is 0 Å². The Hall–Kier alpha value is -1.34. The van der Waals surface area contributed by atoms with E-state index in [1.807, 2.05) is 6.20 Å². The van der Waals surface area contributed by atoms with Gasteiger partial charge in [0.1, 0.15) is 6.04 Å². The Morgan fingerprint density at radius 1 is 1.55 bits per heavy atom. The first-order valence-electron chi connectivity index (χ1n) is 6.14. The molecule has 0 aliphatic rings. The third kappa shape index (κ3) is 3.61. The summed E-state index contributed by atoms with van der Waals surface area (Å²) in [4.78, 5) is 12.0. The molecule has 2 heterocycles. The average molecular weight is 361 g/mol. The van der Waals surface area contributed by atoms with Crippen molar-refractivity contribution in [2.75, 3.05) is 6.54 Å². The minimum atomic E-state index is -0.398. The highest BCUT2D eigenvalue weighted by molar-refractivity contribution is 9.10. The maximum Gasteiger partial charge on any atom is 0.244 e. The first-order valence-corrected chi connectivity index (χ1v) is 7.31. The van der Waals surface area contributed by atoms with Crippen molar-refractivity contribution in [3.8, 4) is 0 Å². The van der Waals surface area contributed by atoms with Gasteiger partial charge in [0.05, 0.1) is 27.9 Å². The van der Waals surface area contributed by atoms with E-state index in [1.54, 1.807) is 35.6 Å². The van der Waals surface area contributed by atoms with Gasteiger partial charge in [0, 0.05) is 18.9 Å². The Kier molecular flexibility index (Phi) is 4.82. The van der Waals surface area contributed by atoms with Crippen LogP contribution in [0.5, 0.6) is 0 Å². The number of hydrogen-bond donors (Lipinski definition) is 1. The van der Waals surface area contributed by atoms with Gasteiger partial charge in [0.15, 0.2) is 0 Å². The largest absolute Gasteiger partial charge is 0.352 e. The van der Waals surface area contributed by atoms with Crippen LogP contribution < -0.4 is 5.32 Å². The molecule has 0 aliphatic heterocycles. The van der Waals surface area contributed by atoms with Crippen LogP contribution in [-0.2, 0) is 11.3 Å². The Bertz CT molecular complexity index is 589. The number of hydrogen-bond acceptors (Lipinski definition) is 3. The van der Waals surface area contributed by atoms with Gasteiger partial charge < -0.3 is 5.32 Å². The second kappa shape index (κ2) is 6.41. The summed E-state index contributed by atoms with van der Waals surface area (Å²) < 4.78 is 4.24. The number of carbonyl (C=O) groups is 1. The van der Waals surface area contributed by atoms with E-state index in [0.29, 0.717) is 23.8 Å². The van der Waals surface area contributed by atoms with Crippen molar-refractivity contribution >= 4 is 33.4 Å². The second-order valence-corrected chi connectivity index (χ2v) is 5.75. The summed E-state index contributed by atoms with van der Waals surface area (Å²) in [5.74, 6) is -0.101. The van der Waals surface area contributed by atoms with Crippen LogP contribution in [0.2, 0.25) is 5.02 Å². The van der Waals surface area contributed by atoms with Crippen molar-refractivity contribution in [2.24, 2.45) is 0 Å². The number of nitrogens with zero attached hydrogens (tertiary/aromatic N) is 4. The molecule has 0 radical (unpaired) electrons. The van der Waals surface area contributed by atoms with Gasteiger partial charge in [-0.1, -0.05) is 11.6 Å². The van der Waals surface area contributed by atoms with Crippen LogP contribution in [0.15, 0.2) is 23.1 Å². The lowest BCUT2D eigenvalue weighted by atomic mass is 10.3. The predicted octanol–water partition coefficient (Wildman–Crippen LogP) is 2.18. The summed E-state index contributed by atoms with van der Waals surface area (Å²) >= 11 is 9.25. The van der Waals surface area contributed by atoms with E-state index >= 15 is 0 Å². The normalized spacial score (nSPS) is 12.4. The lowest BCUT2D eigenvalue weighted by Crippen LogP contribution is -2.33. The molecule has 0 saturated heterocycles. The van der Waals surface area contributed by atoms with Gasteiger partial charge in [-0.3, -0.25) is 14.2 Å². The minimum Gasteiger partial charge on any atom is -0.352 e. The molecule has 1 unspecified atom stereocenters. The summed E-state index contributed by atoms with van der Waals surface area (Å²) in [5.41, 5.74) is 0.715. The fourth-order valence-electron chi connectivity index (χ4n) is 1.68. The fraction of sp³-hybridized carbons (Fsp3) is 0.417. The van der Waals surface area contributed by atoms with E-state index in [2.05, 4.69) is 31.4 Å². The second-order valence-electron chi connectivity index (χ2n) is 4.43. The molecule has 2 aromatic heterocycles. The lowest BCUT2D eigenvalue weighted by molar-refractivity contribution is -0.124. The topological polar surface area (TPSA) is 64.7 Å². The summed E-state index contributed by atoms with van der Waals surface area (Å²) in [5, 5.41) is 11.7. The number of aryl methyl sites for hydroxylation is 1. The van der Waals surface area contributed by atoms with E-state index in [9.17, 15) is 4.79 Å². The summed E-state index contributed by atoms with van der Waals surface area (Å²) in [6, 6.07) is -0.398. The molecular weight excluding hydrogens is 346 g/mol. The Morgan fingerprint density at radius 2 is 2.30 bits per heavy atom. The molecule has 2 rings (SSSR count). The maximum absolute atomic E-state index is 12.0. The zero-order valence-corrected chi connectivity index (χ0v) is 13.5. The van der Waals surface area contributed by atoms with Gasteiger partial charge in [0.2, 0.25) is 5.91 Å². The molecule has 0 aromatic carbocycles. The molecule has 0 saturated carbocycles. The van der Waals surface area contributed by atoms with E-state index < -0.39 is 6.04 Å². The van der Waals surface area contributed by atoms with E-state index in [1.165, 1.54) is 0 Å². The standard InChI is InChI=1S/C12H15BrClN5O/c1-8-11(14)7-19(17-8)9(2)12(20)15-3-4-18-6-10(13)5-16-18/h5-7,9H,3-4H2,1-2H3,(H,15,20). The molecule has 1 atom stereocenters. The predicted molar refractivity (Wildman–Crippen MR) is 79.6 cm³/mol. The highest BCUT2D eigenvalue weighted by atomic mass is 79.9. The number of aromatic nitrogens is 4. The maximum atomic E-state index is 12.0. The smallest absolute Gasteiger partial charge is 0.244 e. The molecule has 0 spiro atoms. The average Bonchev–Trinajstić information content (AvgIpc) is 2.96. The van der Waals surface area contributed by atoms with Crippen molar-refractivity contribution in [3.63, 3.8) is 0 Å². The van der Waals surface area contributed by atoms with Crippen LogP contribution >= 0.6 is 27.5 Å². The molecule has 20 heavy (non-hydrogen) atoms. The Labute approximate surface area is 130 Å². The zero-order chi connectivity index (χ0) is 14.7. The molecule has 1 N–H and O–H groups in total. The highest BCUT2D eigenvalue weighted by Gasteiger charge is 2.16. The van der Waals surface area contributed by atoms with Crippen molar-refractivity contribution in [1.29, 1.82) is 0 Å². The first kappa shape index (κ1) is 15.1. The molecule has 0 aliphatic carbocycles. The van der Waals surface area contributed by atoms with Crippen LogP contribution in [0.4, 0.5) is 0 Å². The number of carbonyl (C=O) groups excluding carboxylic acids is 1. The summed E-state index contributed by atoms with van der Waals surface area (Å²) in [6.07, 6.45) is 5.22. The van der Waals surface area contributed by atoms with Gasteiger partial charge in [-0.2, -0.15) is 10.2 Å². The third-order valence-corrected chi connectivity index (χ3v) is 3.66. The Balaban J connectivity index is 1.85. The molecule has 6 nitrogen and oxygen atoms in total. The lowest BCUT2D eigenvalue weighted by Gasteiger charge is -2.12.